The number of carbonyl (C=O) groups is 1. The van der Waals surface area contributed by atoms with Crippen molar-refractivity contribution in [2.75, 3.05) is 5.32 Å². The average Bonchev–Trinajstić information content (AvgIpc) is 2.20. The second kappa shape index (κ2) is 5.71. The predicted octanol–water partition coefficient (Wildman–Crippen LogP) is 0.615. The van der Waals surface area contributed by atoms with Crippen LogP contribution in [0.3, 0.4) is 0 Å². The summed E-state index contributed by atoms with van der Waals surface area (Å²) in [6.45, 7) is 1.90. The first-order chi connectivity index (χ1) is 7.63. The standard InChI is InChI=1S/C11H13N3O2/c1-3-4-5-7-14-8-6-10(12-9(2)15)13-11(14)16/h1,6,8H,4-5,7H2,2H3,(H,12,13,15,16). The van der Waals surface area contributed by atoms with Gasteiger partial charge in [-0.1, -0.05) is 0 Å². The first-order valence-corrected chi connectivity index (χ1v) is 4.92. The summed E-state index contributed by atoms with van der Waals surface area (Å²) in [6.07, 6.45) is 8.06. The zero-order valence-corrected chi connectivity index (χ0v) is 9.06. The molecular weight excluding hydrogens is 206 g/mol. The number of anilines is 1. The number of carbonyl (C=O) groups excluding carboxylic acids is 1. The van der Waals surface area contributed by atoms with E-state index in [0.29, 0.717) is 13.0 Å². The van der Waals surface area contributed by atoms with E-state index in [1.165, 1.54) is 11.5 Å². The van der Waals surface area contributed by atoms with Crippen molar-refractivity contribution in [2.45, 2.75) is 26.3 Å². The number of aryl methyl sites for hydroxylation is 1. The van der Waals surface area contributed by atoms with Gasteiger partial charge in [0.2, 0.25) is 5.91 Å². The zero-order chi connectivity index (χ0) is 12.0. The number of terminal acetylenes is 1. The summed E-state index contributed by atoms with van der Waals surface area (Å²) in [4.78, 5) is 25.9. The van der Waals surface area contributed by atoms with Crippen molar-refractivity contribution in [1.82, 2.24) is 9.55 Å². The number of nitrogens with zero attached hydrogens (tertiary/aromatic N) is 2. The fraction of sp³-hybridized carbons (Fsp3) is 0.364. The fourth-order valence-corrected chi connectivity index (χ4v) is 1.20. The van der Waals surface area contributed by atoms with E-state index in [4.69, 9.17) is 6.42 Å². The van der Waals surface area contributed by atoms with Gasteiger partial charge >= 0.3 is 5.69 Å². The van der Waals surface area contributed by atoms with E-state index in [-0.39, 0.29) is 17.4 Å². The van der Waals surface area contributed by atoms with Crippen LogP contribution in [-0.4, -0.2) is 15.5 Å². The van der Waals surface area contributed by atoms with Crippen LogP contribution >= 0.6 is 0 Å². The van der Waals surface area contributed by atoms with Crippen LogP contribution in [0.25, 0.3) is 0 Å². The zero-order valence-electron chi connectivity index (χ0n) is 9.06. The molecule has 1 heterocycles. The number of unbranched alkanes of at least 4 members (excludes halogenated alkanes) is 1. The Bertz CT molecular complexity index is 471. The van der Waals surface area contributed by atoms with Crippen molar-refractivity contribution in [3.63, 3.8) is 0 Å². The summed E-state index contributed by atoms with van der Waals surface area (Å²) in [5.41, 5.74) is -0.386. The van der Waals surface area contributed by atoms with Crippen LogP contribution in [0.5, 0.6) is 0 Å². The van der Waals surface area contributed by atoms with Crippen LogP contribution in [0.4, 0.5) is 5.82 Å². The second-order valence-corrected chi connectivity index (χ2v) is 3.28. The number of hydrogen-bond donors (Lipinski definition) is 1. The van der Waals surface area contributed by atoms with Gasteiger partial charge in [-0.3, -0.25) is 9.36 Å². The molecule has 0 aliphatic heterocycles. The molecule has 0 spiro atoms. The normalized spacial score (nSPS) is 9.50. The molecule has 1 N–H and O–H groups in total. The Balaban J connectivity index is 2.72. The lowest BCUT2D eigenvalue weighted by Gasteiger charge is -2.04. The molecule has 0 aliphatic rings. The predicted molar refractivity (Wildman–Crippen MR) is 60.9 cm³/mol. The lowest BCUT2D eigenvalue weighted by Crippen LogP contribution is -2.24. The first kappa shape index (κ1) is 12.0. The average molecular weight is 219 g/mol. The molecule has 1 aromatic heterocycles. The molecule has 5 heteroatoms. The smallest absolute Gasteiger partial charge is 0.311 e. The van der Waals surface area contributed by atoms with E-state index in [0.717, 1.165) is 6.42 Å². The van der Waals surface area contributed by atoms with Gasteiger partial charge in [-0.05, 0) is 12.5 Å². The molecule has 0 aliphatic carbocycles. The van der Waals surface area contributed by atoms with Gasteiger partial charge in [-0.2, -0.15) is 4.98 Å². The molecule has 16 heavy (non-hydrogen) atoms. The molecule has 0 fully saturated rings. The highest BCUT2D eigenvalue weighted by atomic mass is 16.2. The molecule has 0 atom stereocenters. The Kier molecular flexibility index (Phi) is 4.28. The van der Waals surface area contributed by atoms with E-state index in [2.05, 4.69) is 16.2 Å². The van der Waals surface area contributed by atoms with Crippen molar-refractivity contribution in [1.29, 1.82) is 0 Å². The SMILES string of the molecule is C#CCCCn1ccc(NC(C)=O)nc1=O. The quantitative estimate of drug-likeness (QED) is 0.596. The molecule has 0 saturated heterocycles. The third-order valence-electron chi connectivity index (χ3n) is 1.90. The third-order valence-corrected chi connectivity index (χ3v) is 1.90. The minimum absolute atomic E-state index is 0.253. The maximum absolute atomic E-state index is 11.5. The van der Waals surface area contributed by atoms with E-state index < -0.39 is 0 Å². The number of rotatable bonds is 4. The van der Waals surface area contributed by atoms with Gasteiger partial charge in [0, 0.05) is 26.1 Å². The monoisotopic (exact) mass is 219 g/mol. The summed E-state index contributed by atoms with van der Waals surface area (Å²) in [7, 11) is 0. The lowest BCUT2D eigenvalue weighted by atomic mass is 10.3. The van der Waals surface area contributed by atoms with Crippen LogP contribution in [-0.2, 0) is 11.3 Å². The summed E-state index contributed by atoms with van der Waals surface area (Å²) in [6, 6.07) is 1.58. The number of nitrogens with one attached hydrogen (secondary N) is 1. The van der Waals surface area contributed by atoms with Crippen LogP contribution in [0.2, 0.25) is 0 Å². The van der Waals surface area contributed by atoms with Crippen LogP contribution < -0.4 is 11.0 Å². The van der Waals surface area contributed by atoms with E-state index in [1.54, 1.807) is 12.3 Å². The molecule has 5 nitrogen and oxygen atoms in total. The van der Waals surface area contributed by atoms with Crippen molar-refractivity contribution in [3.05, 3.63) is 22.7 Å². The number of aromatic nitrogens is 2. The maximum atomic E-state index is 11.5. The molecule has 0 radical (unpaired) electrons. The largest absolute Gasteiger partial charge is 0.349 e. The molecular formula is C11H13N3O2. The minimum atomic E-state index is -0.386. The summed E-state index contributed by atoms with van der Waals surface area (Å²) < 4.78 is 1.46. The van der Waals surface area contributed by atoms with Gasteiger partial charge in [0.15, 0.2) is 0 Å². The highest BCUT2D eigenvalue weighted by Crippen LogP contribution is 1.98. The Labute approximate surface area is 93.5 Å². The van der Waals surface area contributed by atoms with Crippen molar-refractivity contribution in [3.8, 4) is 12.3 Å². The first-order valence-electron chi connectivity index (χ1n) is 4.92. The molecule has 84 valence electrons. The minimum Gasteiger partial charge on any atom is -0.311 e. The van der Waals surface area contributed by atoms with Gasteiger partial charge in [0.25, 0.3) is 0 Å². The molecule has 1 rings (SSSR count). The summed E-state index contributed by atoms with van der Waals surface area (Å²) >= 11 is 0. The summed E-state index contributed by atoms with van der Waals surface area (Å²) in [5.74, 6) is 2.52. The van der Waals surface area contributed by atoms with Crippen molar-refractivity contribution in [2.24, 2.45) is 0 Å². The van der Waals surface area contributed by atoms with Gasteiger partial charge in [0.05, 0.1) is 0 Å². The van der Waals surface area contributed by atoms with Gasteiger partial charge < -0.3 is 5.32 Å². The van der Waals surface area contributed by atoms with E-state index in [1.807, 2.05) is 0 Å². The van der Waals surface area contributed by atoms with Crippen LogP contribution in [0.15, 0.2) is 17.1 Å². The highest BCUT2D eigenvalue weighted by Gasteiger charge is 2.00. The van der Waals surface area contributed by atoms with E-state index >= 15 is 0 Å². The van der Waals surface area contributed by atoms with Crippen molar-refractivity contribution >= 4 is 11.7 Å². The summed E-state index contributed by atoms with van der Waals surface area (Å²) in [5, 5.41) is 2.44. The highest BCUT2D eigenvalue weighted by molar-refractivity contribution is 5.87. The Morgan fingerprint density at radius 3 is 3.00 bits per heavy atom. The molecule has 1 amide bonds. The third kappa shape index (κ3) is 3.58. The molecule has 1 aromatic rings. The van der Waals surface area contributed by atoms with Gasteiger partial charge in [0.1, 0.15) is 5.82 Å². The maximum Gasteiger partial charge on any atom is 0.349 e. The topological polar surface area (TPSA) is 64.0 Å². The van der Waals surface area contributed by atoms with Crippen LogP contribution in [0, 0.1) is 12.3 Å². The van der Waals surface area contributed by atoms with Gasteiger partial charge in [-0.15, -0.1) is 12.3 Å². The Morgan fingerprint density at radius 1 is 1.69 bits per heavy atom. The lowest BCUT2D eigenvalue weighted by molar-refractivity contribution is -0.114. The number of amides is 1. The molecule has 0 unspecified atom stereocenters. The molecule has 0 bridgehead atoms. The second-order valence-electron chi connectivity index (χ2n) is 3.28. The molecule has 0 saturated carbocycles. The Hall–Kier alpha value is -2.09. The molecule has 0 aromatic carbocycles. The van der Waals surface area contributed by atoms with Gasteiger partial charge in [-0.25, -0.2) is 4.79 Å². The van der Waals surface area contributed by atoms with Crippen LogP contribution in [0.1, 0.15) is 19.8 Å². The Morgan fingerprint density at radius 2 is 2.44 bits per heavy atom. The fourth-order valence-electron chi connectivity index (χ4n) is 1.20. The number of hydrogen-bond acceptors (Lipinski definition) is 3. The van der Waals surface area contributed by atoms with Crippen molar-refractivity contribution < 1.29 is 4.79 Å². The van der Waals surface area contributed by atoms with E-state index in [9.17, 15) is 9.59 Å².